The van der Waals surface area contributed by atoms with Crippen molar-refractivity contribution in [1.82, 2.24) is 4.98 Å². The third kappa shape index (κ3) is 3.22. The zero-order chi connectivity index (χ0) is 13.8. The van der Waals surface area contributed by atoms with Crippen LogP contribution in [-0.4, -0.2) is 17.6 Å². The molecule has 0 atom stereocenters. The number of hydrogen-bond donors (Lipinski definition) is 0. The number of hydrogen-bond acceptors (Lipinski definition) is 4. The first-order valence-corrected chi connectivity index (χ1v) is 6.29. The van der Waals surface area contributed by atoms with E-state index in [1.165, 1.54) is 5.56 Å². The molecule has 0 spiro atoms. The minimum atomic E-state index is -0.456. The standard InChI is InChI=1S/C15H17NO3/c1-4-18-15(17)14-11(3)16-13(19-14)9-12-7-5-10(2)6-8-12/h5-8H,4,9H2,1-3H3. The lowest BCUT2D eigenvalue weighted by Gasteiger charge is -1.99. The highest BCUT2D eigenvalue weighted by atomic mass is 16.5. The maximum absolute atomic E-state index is 11.6. The zero-order valence-electron chi connectivity index (χ0n) is 11.4. The van der Waals surface area contributed by atoms with E-state index >= 15 is 0 Å². The molecule has 0 aliphatic carbocycles. The quantitative estimate of drug-likeness (QED) is 0.792. The molecule has 0 aliphatic heterocycles. The average molecular weight is 259 g/mol. The molecule has 4 nitrogen and oxygen atoms in total. The molecule has 0 fully saturated rings. The Balaban J connectivity index is 2.16. The molecule has 0 N–H and O–H groups in total. The third-order valence-electron chi connectivity index (χ3n) is 2.78. The summed E-state index contributed by atoms with van der Waals surface area (Å²) < 4.78 is 10.4. The molecular formula is C15H17NO3. The first kappa shape index (κ1) is 13.3. The first-order chi connectivity index (χ1) is 9.10. The Labute approximate surface area is 112 Å². The number of aromatic nitrogens is 1. The highest BCUT2D eigenvalue weighted by molar-refractivity contribution is 5.87. The zero-order valence-corrected chi connectivity index (χ0v) is 11.4. The summed E-state index contributed by atoms with van der Waals surface area (Å²) in [7, 11) is 0. The number of benzene rings is 1. The number of ether oxygens (including phenoxy) is 1. The van der Waals surface area contributed by atoms with E-state index in [-0.39, 0.29) is 5.76 Å². The van der Waals surface area contributed by atoms with E-state index < -0.39 is 5.97 Å². The number of esters is 1. The van der Waals surface area contributed by atoms with Crippen LogP contribution in [0.5, 0.6) is 0 Å². The maximum atomic E-state index is 11.6. The fourth-order valence-electron chi connectivity index (χ4n) is 1.79. The largest absolute Gasteiger partial charge is 0.460 e. The summed E-state index contributed by atoms with van der Waals surface area (Å²) in [6, 6.07) is 8.13. The first-order valence-electron chi connectivity index (χ1n) is 6.29. The van der Waals surface area contributed by atoms with Gasteiger partial charge in [0.05, 0.1) is 12.3 Å². The molecule has 0 saturated carbocycles. The number of oxazole rings is 1. The molecular weight excluding hydrogens is 242 g/mol. The Bertz CT molecular complexity index is 570. The van der Waals surface area contributed by atoms with Crippen molar-refractivity contribution in [1.29, 1.82) is 0 Å². The Kier molecular flexibility index (Phi) is 4.00. The van der Waals surface area contributed by atoms with Gasteiger partial charge in [-0.15, -0.1) is 0 Å². The highest BCUT2D eigenvalue weighted by Gasteiger charge is 2.18. The Morgan fingerprint density at radius 2 is 1.95 bits per heavy atom. The van der Waals surface area contributed by atoms with Crippen LogP contribution in [0.3, 0.4) is 0 Å². The lowest BCUT2D eigenvalue weighted by Crippen LogP contribution is -2.04. The van der Waals surface area contributed by atoms with Gasteiger partial charge in [-0.25, -0.2) is 9.78 Å². The Morgan fingerprint density at radius 3 is 2.58 bits per heavy atom. The van der Waals surface area contributed by atoms with E-state index in [2.05, 4.69) is 4.98 Å². The van der Waals surface area contributed by atoms with Gasteiger partial charge < -0.3 is 9.15 Å². The van der Waals surface area contributed by atoms with Gasteiger partial charge in [-0.3, -0.25) is 0 Å². The van der Waals surface area contributed by atoms with E-state index in [1.54, 1.807) is 13.8 Å². The smallest absolute Gasteiger partial charge is 0.376 e. The molecule has 4 heteroatoms. The van der Waals surface area contributed by atoms with Crippen LogP contribution in [0.15, 0.2) is 28.7 Å². The summed E-state index contributed by atoms with van der Waals surface area (Å²) in [6.07, 6.45) is 0.570. The molecule has 1 aromatic heterocycles. The molecule has 0 saturated heterocycles. The van der Waals surface area contributed by atoms with E-state index in [1.807, 2.05) is 31.2 Å². The van der Waals surface area contributed by atoms with Crippen LogP contribution in [0.25, 0.3) is 0 Å². The topological polar surface area (TPSA) is 52.3 Å². The van der Waals surface area contributed by atoms with Crippen LogP contribution in [0.1, 0.15) is 40.2 Å². The van der Waals surface area contributed by atoms with Crippen molar-refractivity contribution < 1.29 is 13.9 Å². The van der Waals surface area contributed by atoms with E-state index in [0.717, 1.165) is 5.56 Å². The average Bonchev–Trinajstić information content (AvgIpc) is 2.74. The minimum Gasteiger partial charge on any atom is -0.460 e. The van der Waals surface area contributed by atoms with Crippen LogP contribution in [0.2, 0.25) is 0 Å². The summed E-state index contributed by atoms with van der Waals surface area (Å²) in [5.41, 5.74) is 2.88. The second-order valence-electron chi connectivity index (χ2n) is 4.40. The molecule has 2 aromatic rings. The molecule has 0 bridgehead atoms. The highest BCUT2D eigenvalue weighted by Crippen LogP contribution is 2.15. The SMILES string of the molecule is CCOC(=O)c1oc(Cc2ccc(C)cc2)nc1C. The van der Waals surface area contributed by atoms with Gasteiger partial charge in [-0.1, -0.05) is 29.8 Å². The summed E-state index contributed by atoms with van der Waals surface area (Å²) in [5.74, 6) is 0.274. The minimum absolute atomic E-state index is 0.198. The second kappa shape index (κ2) is 5.69. The molecule has 100 valence electrons. The number of rotatable bonds is 4. The summed E-state index contributed by atoms with van der Waals surface area (Å²) in [4.78, 5) is 15.9. The molecule has 1 aromatic carbocycles. The molecule has 0 unspecified atom stereocenters. The van der Waals surface area contributed by atoms with Gasteiger partial charge in [0.25, 0.3) is 0 Å². The van der Waals surface area contributed by atoms with Crippen molar-refractivity contribution >= 4 is 5.97 Å². The van der Waals surface area contributed by atoms with Gasteiger partial charge in [0.15, 0.2) is 5.89 Å². The number of carbonyl (C=O) groups excluding carboxylic acids is 1. The Morgan fingerprint density at radius 1 is 1.26 bits per heavy atom. The number of carbonyl (C=O) groups is 1. The van der Waals surface area contributed by atoms with Crippen molar-refractivity contribution in [3.8, 4) is 0 Å². The van der Waals surface area contributed by atoms with Gasteiger partial charge in [0.2, 0.25) is 5.76 Å². The van der Waals surface area contributed by atoms with Crippen LogP contribution < -0.4 is 0 Å². The maximum Gasteiger partial charge on any atom is 0.376 e. The van der Waals surface area contributed by atoms with Gasteiger partial charge in [-0.2, -0.15) is 0 Å². The molecule has 2 rings (SSSR count). The third-order valence-corrected chi connectivity index (χ3v) is 2.78. The van der Waals surface area contributed by atoms with E-state index in [4.69, 9.17) is 9.15 Å². The van der Waals surface area contributed by atoms with Crippen molar-refractivity contribution in [3.63, 3.8) is 0 Å². The van der Waals surface area contributed by atoms with E-state index in [0.29, 0.717) is 24.6 Å². The number of aryl methyl sites for hydroxylation is 2. The number of nitrogens with zero attached hydrogens (tertiary/aromatic N) is 1. The molecule has 0 radical (unpaired) electrons. The van der Waals surface area contributed by atoms with Crippen LogP contribution in [0.4, 0.5) is 0 Å². The summed E-state index contributed by atoms with van der Waals surface area (Å²) in [5, 5.41) is 0. The van der Waals surface area contributed by atoms with Crippen molar-refractivity contribution in [2.75, 3.05) is 6.61 Å². The predicted molar refractivity (Wildman–Crippen MR) is 71.2 cm³/mol. The lowest BCUT2D eigenvalue weighted by atomic mass is 10.1. The van der Waals surface area contributed by atoms with Crippen LogP contribution in [-0.2, 0) is 11.2 Å². The molecule has 19 heavy (non-hydrogen) atoms. The molecule has 0 aliphatic rings. The molecule has 0 amide bonds. The lowest BCUT2D eigenvalue weighted by molar-refractivity contribution is 0.0487. The Hall–Kier alpha value is -2.10. The van der Waals surface area contributed by atoms with Gasteiger partial charge >= 0.3 is 5.97 Å². The monoisotopic (exact) mass is 259 g/mol. The van der Waals surface area contributed by atoms with Crippen LogP contribution in [0, 0.1) is 13.8 Å². The van der Waals surface area contributed by atoms with Crippen molar-refractivity contribution in [2.45, 2.75) is 27.2 Å². The summed E-state index contributed by atoms with van der Waals surface area (Å²) in [6.45, 7) is 5.87. The van der Waals surface area contributed by atoms with Crippen LogP contribution >= 0.6 is 0 Å². The van der Waals surface area contributed by atoms with Gasteiger partial charge in [0.1, 0.15) is 0 Å². The van der Waals surface area contributed by atoms with Crippen molar-refractivity contribution in [2.24, 2.45) is 0 Å². The fraction of sp³-hybridized carbons (Fsp3) is 0.333. The molecule has 1 heterocycles. The van der Waals surface area contributed by atoms with Gasteiger partial charge in [0, 0.05) is 6.42 Å². The second-order valence-corrected chi connectivity index (χ2v) is 4.40. The summed E-state index contributed by atoms with van der Waals surface area (Å²) >= 11 is 0. The van der Waals surface area contributed by atoms with Gasteiger partial charge in [-0.05, 0) is 26.3 Å². The normalized spacial score (nSPS) is 10.5. The fourth-order valence-corrected chi connectivity index (χ4v) is 1.79. The van der Waals surface area contributed by atoms with E-state index in [9.17, 15) is 4.79 Å². The van der Waals surface area contributed by atoms with Crippen molar-refractivity contribution in [3.05, 3.63) is 52.7 Å². The predicted octanol–water partition coefficient (Wildman–Crippen LogP) is 3.06.